The van der Waals surface area contributed by atoms with Gasteiger partial charge < -0.3 is 10.1 Å². The molecule has 1 amide bonds. The Morgan fingerprint density at radius 3 is 2.38 bits per heavy atom. The lowest BCUT2D eigenvalue weighted by Crippen LogP contribution is -2.47. The van der Waals surface area contributed by atoms with Crippen molar-refractivity contribution in [2.75, 3.05) is 6.54 Å². The Bertz CT molecular complexity index is 1240. The number of carbonyl (C=O) groups excluding carboxylic acids is 2. The molecule has 0 aromatic heterocycles. The summed E-state index contributed by atoms with van der Waals surface area (Å²) in [5.41, 5.74) is 1.31. The van der Waals surface area contributed by atoms with Gasteiger partial charge in [-0.3, -0.25) is 9.63 Å². The van der Waals surface area contributed by atoms with Crippen LogP contribution in [0.3, 0.4) is 0 Å². The van der Waals surface area contributed by atoms with Crippen LogP contribution in [0.1, 0.15) is 70.5 Å². The molecular weight excluding hydrogens is 518 g/mol. The van der Waals surface area contributed by atoms with Crippen molar-refractivity contribution in [3.8, 4) is 0 Å². The number of ether oxygens (including phenoxy) is 1. The van der Waals surface area contributed by atoms with Crippen LogP contribution in [0.15, 0.2) is 60.7 Å². The fraction of sp³-hybridized carbons (Fsp3) is 0.517. The Kier molecular flexibility index (Phi) is 9.10. The normalized spacial score (nSPS) is 24.1. The number of nitrogens with one attached hydrogen (secondary N) is 1. The minimum atomic E-state index is -3.75. The summed E-state index contributed by atoms with van der Waals surface area (Å²) in [6, 6.07) is 17.7. The van der Waals surface area contributed by atoms with E-state index in [4.69, 9.17) is 9.57 Å². The minimum absolute atomic E-state index is 0.122. The van der Waals surface area contributed by atoms with Crippen molar-refractivity contribution in [2.24, 2.45) is 5.41 Å². The van der Waals surface area contributed by atoms with E-state index in [9.17, 15) is 18.0 Å². The summed E-state index contributed by atoms with van der Waals surface area (Å²) in [6.45, 7) is 8.09. The molecule has 10 heteroatoms. The molecular formula is C29H39N3O6S. The van der Waals surface area contributed by atoms with Crippen LogP contribution in [0.5, 0.6) is 0 Å². The Balaban J connectivity index is 1.41. The molecule has 1 N–H and O–H groups in total. The van der Waals surface area contributed by atoms with Gasteiger partial charge in [-0.1, -0.05) is 94.3 Å². The molecule has 0 saturated carbocycles. The molecule has 3 unspecified atom stereocenters. The second kappa shape index (κ2) is 12.2. The minimum Gasteiger partial charge on any atom is -0.429 e. The van der Waals surface area contributed by atoms with Crippen LogP contribution in [0.4, 0.5) is 4.79 Å². The van der Waals surface area contributed by atoms with Crippen molar-refractivity contribution in [2.45, 2.75) is 83.7 Å². The lowest BCUT2D eigenvalue weighted by molar-refractivity contribution is -0.122. The molecule has 2 fully saturated rings. The molecule has 2 aliphatic rings. The van der Waals surface area contributed by atoms with E-state index in [0.29, 0.717) is 18.4 Å². The lowest BCUT2D eigenvalue weighted by atomic mass is 9.93. The molecule has 2 aromatic carbocycles. The first-order valence-electron chi connectivity index (χ1n) is 13.5. The molecule has 39 heavy (non-hydrogen) atoms. The number of unbranched alkanes of at least 4 members (excludes halogenated alkanes) is 1. The number of benzene rings is 2. The summed E-state index contributed by atoms with van der Waals surface area (Å²) in [6.07, 6.45) is -0.155. The van der Waals surface area contributed by atoms with Crippen molar-refractivity contribution in [1.29, 1.82) is 0 Å². The highest BCUT2D eigenvalue weighted by atomic mass is 32.2. The van der Waals surface area contributed by atoms with Gasteiger partial charge in [0.15, 0.2) is 6.23 Å². The standard InChI is InChI=1S/C29H39N3O6S/c1-5-6-17-24(26(33)27-32(38-27)21(2)23-15-11-8-12-16-23)30-28(34)37-25-18-29(3,4)20-31(25)39(35,36)19-22-13-9-7-10-14-22/h7-16,21,24-25,27H,5-6,17-20H2,1-4H3,(H,30,34)/t21-,24+,25?,27?,32?/m1/s1. The van der Waals surface area contributed by atoms with E-state index in [1.165, 1.54) is 4.31 Å². The summed E-state index contributed by atoms with van der Waals surface area (Å²) in [5.74, 6) is -0.430. The van der Waals surface area contributed by atoms with Crippen LogP contribution >= 0.6 is 0 Å². The zero-order valence-corrected chi connectivity index (χ0v) is 23.9. The number of sulfonamides is 1. The van der Waals surface area contributed by atoms with Crippen molar-refractivity contribution >= 4 is 21.9 Å². The van der Waals surface area contributed by atoms with E-state index in [2.05, 4.69) is 5.32 Å². The number of alkyl carbamates (subject to hydrolysis) is 1. The molecule has 0 spiro atoms. The third-order valence-corrected chi connectivity index (χ3v) is 9.00. The van der Waals surface area contributed by atoms with Gasteiger partial charge in [-0.25, -0.2) is 13.2 Å². The van der Waals surface area contributed by atoms with Crippen LogP contribution in [0.2, 0.25) is 0 Å². The fourth-order valence-corrected chi connectivity index (χ4v) is 6.81. The number of Topliss-reactive ketones (excluding diaryl/α,β-unsaturated/α-hetero) is 1. The number of amides is 1. The van der Waals surface area contributed by atoms with Gasteiger partial charge in [0, 0.05) is 13.0 Å². The van der Waals surface area contributed by atoms with Gasteiger partial charge in [0.1, 0.15) is 0 Å². The SMILES string of the molecule is CCCC[C@H](NC(=O)OC1CC(C)(C)CN1S(=O)(=O)Cc1ccccc1)C(=O)C1ON1[C@H](C)c1ccccc1. The van der Waals surface area contributed by atoms with Crippen LogP contribution < -0.4 is 5.32 Å². The van der Waals surface area contributed by atoms with Crippen molar-refractivity contribution in [3.63, 3.8) is 0 Å². The van der Waals surface area contributed by atoms with E-state index in [0.717, 1.165) is 18.4 Å². The first-order chi connectivity index (χ1) is 18.5. The topological polar surface area (TPSA) is 108 Å². The van der Waals surface area contributed by atoms with Gasteiger partial charge in [-0.2, -0.15) is 4.31 Å². The van der Waals surface area contributed by atoms with Crippen LogP contribution in [-0.2, 0) is 30.1 Å². The highest BCUT2D eigenvalue weighted by molar-refractivity contribution is 7.88. The van der Waals surface area contributed by atoms with Crippen molar-refractivity contribution in [1.82, 2.24) is 14.7 Å². The quantitative estimate of drug-likeness (QED) is 0.375. The number of hydrogen-bond donors (Lipinski definition) is 1. The fourth-order valence-electron chi connectivity index (χ4n) is 5.01. The van der Waals surface area contributed by atoms with E-state index < -0.39 is 34.6 Å². The Hall–Kier alpha value is -2.79. The number of nitrogens with zero attached hydrogens (tertiary/aromatic N) is 2. The molecule has 4 rings (SSSR count). The molecule has 2 heterocycles. The zero-order chi connectivity index (χ0) is 28.2. The van der Waals surface area contributed by atoms with Crippen LogP contribution in [0, 0.1) is 5.41 Å². The first-order valence-corrected chi connectivity index (χ1v) is 15.2. The van der Waals surface area contributed by atoms with Crippen LogP contribution in [0.25, 0.3) is 0 Å². The Morgan fingerprint density at radius 2 is 1.74 bits per heavy atom. The molecule has 0 radical (unpaired) electrons. The predicted molar refractivity (Wildman–Crippen MR) is 147 cm³/mol. The largest absolute Gasteiger partial charge is 0.429 e. The van der Waals surface area contributed by atoms with E-state index in [1.54, 1.807) is 29.3 Å². The second-order valence-electron chi connectivity index (χ2n) is 11.2. The Morgan fingerprint density at radius 1 is 1.10 bits per heavy atom. The van der Waals surface area contributed by atoms with E-state index in [1.807, 2.05) is 64.1 Å². The molecule has 0 bridgehead atoms. The lowest BCUT2D eigenvalue weighted by Gasteiger charge is -2.25. The van der Waals surface area contributed by atoms with Gasteiger partial charge in [-0.05, 0) is 29.9 Å². The average Bonchev–Trinajstić information content (AvgIpc) is 3.63. The highest BCUT2D eigenvalue weighted by Crippen LogP contribution is 2.38. The molecule has 2 aliphatic heterocycles. The maximum absolute atomic E-state index is 13.3. The van der Waals surface area contributed by atoms with E-state index in [-0.39, 0.29) is 29.5 Å². The number of ketones is 1. The maximum Gasteiger partial charge on any atom is 0.409 e. The molecule has 2 aromatic rings. The number of rotatable bonds is 12. The summed E-state index contributed by atoms with van der Waals surface area (Å²) in [7, 11) is -3.75. The molecule has 2 saturated heterocycles. The van der Waals surface area contributed by atoms with Crippen molar-refractivity contribution in [3.05, 3.63) is 71.8 Å². The van der Waals surface area contributed by atoms with Crippen molar-refractivity contribution < 1.29 is 27.6 Å². The number of carbonyl (C=O) groups is 2. The molecule has 9 nitrogen and oxygen atoms in total. The van der Waals surface area contributed by atoms with E-state index >= 15 is 0 Å². The molecule has 0 aliphatic carbocycles. The summed E-state index contributed by atoms with van der Waals surface area (Å²) < 4.78 is 33.6. The third kappa shape index (κ3) is 7.45. The second-order valence-corrected chi connectivity index (χ2v) is 13.1. The molecule has 212 valence electrons. The number of hydroxylamine groups is 2. The van der Waals surface area contributed by atoms with Gasteiger partial charge in [0.2, 0.25) is 22.0 Å². The molecule has 5 atom stereocenters. The van der Waals surface area contributed by atoms with Gasteiger partial charge in [-0.15, -0.1) is 5.06 Å². The Labute approximate surface area is 231 Å². The van der Waals surface area contributed by atoms with Gasteiger partial charge >= 0.3 is 6.09 Å². The van der Waals surface area contributed by atoms with Crippen LogP contribution in [-0.4, -0.2) is 54.7 Å². The van der Waals surface area contributed by atoms with Gasteiger partial charge in [0.05, 0.1) is 17.8 Å². The summed E-state index contributed by atoms with van der Waals surface area (Å²) in [4.78, 5) is 32.0. The maximum atomic E-state index is 13.3. The van der Waals surface area contributed by atoms with Gasteiger partial charge in [0.25, 0.3) is 0 Å². The predicted octanol–water partition coefficient (Wildman–Crippen LogP) is 4.76. The zero-order valence-electron chi connectivity index (χ0n) is 23.1. The number of hydrogen-bond acceptors (Lipinski definition) is 7. The summed E-state index contributed by atoms with van der Waals surface area (Å²) in [5, 5.41) is 4.34. The summed E-state index contributed by atoms with van der Waals surface area (Å²) >= 11 is 0. The highest BCUT2D eigenvalue weighted by Gasteiger charge is 2.50. The smallest absolute Gasteiger partial charge is 0.409 e. The average molecular weight is 558 g/mol. The third-order valence-electron chi connectivity index (χ3n) is 7.22. The monoisotopic (exact) mass is 557 g/mol. The first kappa shape index (κ1) is 29.2.